The molecule has 2 rings (SSSR count). The first-order chi connectivity index (χ1) is 9.38. The average Bonchev–Trinajstić information content (AvgIpc) is 2.88. The molecule has 1 saturated heterocycles. The quantitative estimate of drug-likeness (QED) is 0.590. The van der Waals surface area contributed by atoms with Crippen LogP contribution in [0.15, 0.2) is 27.6 Å². The van der Waals surface area contributed by atoms with E-state index >= 15 is 0 Å². The Balaban J connectivity index is 2.12. The molecule has 1 aromatic carbocycles. The number of carbonyl (C=O) groups is 1. The predicted molar refractivity (Wildman–Crippen MR) is 76.4 cm³/mol. The number of esters is 1. The second kappa shape index (κ2) is 6.43. The van der Waals surface area contributed by atoms with Gasteiger partial charge in [0.2, 0.25) is 0 Å². The summed E-state index contributed by atoms with van der Waals surface area (Å²) in [5.74, 6) is -0.399. The summed E-state index contributed by atoms with van der Waals surface area (Å²) in [6, 6.07) is 3.96. The summed E-state index contributed by atoms with van der Waals surface area (Å²) >= 11 is 3.19. The predicted octanol–water partition coefficient (Wildman–Crippen LogP) is 2.57. The third-order valence-electron chi connectivity index (χ3n) is 2.91. The van der Waals surface area contributed by atoms with Gasteiger partial charge in [-0.2, -0.15) is 0 Å². The molecule has 110 valence electrons. The van der Waals surface area contributed by atoms with Crippen LogP contribution < -0.4 is 0 Å². The minimum Gasteiger partial charge on any atom is -0.462 e. The number of hydrogen-bond donors (Lipinski definition) is 0. The van der Waals surface area contributed by atoms with E-state index in [0.717, 1.165) is 6.42 Å². The topological polar surface area (TPSA) is 69.7 Å². The van der Waals surface area contributed by atoms with Crippen molar-refractivity contribution in [1.29, 1.82) is 0 Å². The van der Waals surface area contributed by atoms with E-state index < -0.39 is 15.0 Å². The fraction of sp³-hybridized carbons (Fsp3) is 0.417. The zero-order valence-electron chi connectivity index (χ0n) is 10.3. The maximum absolute atomic E-state index is 12.0. The summed E-state index contributed by atoms with van der Waals surface area (Å²) in [6.45, 7) is 1.50. The number of halogens is 2. The van der Waals surface area contributed by atoms with E-state index in [9.17, 15) is 13.2 Å². The lowest BCUT2D eigenvalue weighted by Gasteiger charge is -2.10. The smallest absolute Gasteiger partial charge is 0.339 e. The molecule has 1 fully saturated rings. The van der Waals surface area contributed by atoms with Gasteiger partial charge in [-0.25, -0.2) is 13.2 Å². The van der Waals surface area contributed by atoms with Gasteiger partial charge in [-0.1, -0.05) is 0 Å². The Hall–Kier alpha value is -0.630. The van der Waals surface area contributed by atoms with Crippen molar-refractivity contribution in [3.05, 3.63) is 28.2 Å². The summed E-state index contributed by atoms with van der Waals surface area (Å²) in [4.78, 5) is 11.8. The molecule has 1 aliphatic rings. The Bertz CT molecular complexity index is 610. The molecule has 0 spiro atoms. The highest BCUT2D eigenvalue weighted by molar-refractivity contribution is 9.10. The van der Waals surface area contributed by atoms with Crippen LogP contribution in [-0.4, -0.2) is 34.2 Å². The van der Waals surface area contributed by atoms with E-state index in [2.05, 4.69) is 15.9 Å². The van der Waals surface area contributed by atoms with Gasteiger partial charge in [-0.3, -0.25) is 0 Å². The molecule has 5 nitrogen and oxygen atoms in total. The summed E-state index contributed by atoms with van der Waals surface area (Å²) in [6.07, 6.45) is 0.852. The summed E-state index contributed by atoms with van der Waals surface area (Å²) in [5, 5.41) is 0. The zero-order valence-corrected chi connectivity index (χ0v) is 13.5. The maximum Gasteiger partial charge on any atom is 0.339 e. The van der Waals surface area contributed by atoms with Crippen LogP contribution in [0.3, 0.4) is 0 Å². The summed E-state index contributed by atoms with van der Waals surface area (Å²) < 4.78 is 33.3. The van der Waals surface area contributed by atoms with Crippen molar-refractivity contribution in [3.63, 3.8) is 0 Å². The second-order valence-corrected chi connectivity index (χ2v) is 7.83. The number of hydrogen-bond acceptors (Lipinski definition) is 5. The van der Waals surface area contributed by atoms with Crippen molar-refractivity contribution in [1.82, 2.24) is 0 Å². The Morgan fingerprint density at radius 3 is 2.85 bits per heavy atom. The average molecular weight is 384 g/mol. The Morgan fingerprint density at radius 2 is 2.25 bits per heavy atom. The lowest BCUT2D eigenvalue weighted by molar-refractivity contribution is 0.0427. The van der Waals surface area contributed by atoms with Gasteiger partial charge in [0.25, 0.3) is 9.05 Å². The summed E-state index contributed by atoms with van der Waals surface area (Å²) in [5.41, 5.74) is 0.130. The standard InChI is InChI=1S/C12H12BrClO5S/c13-11-2-1-9(20(14,16)17)5-10(11)12(15)19-7-8-3-4-18-6-8/h1-2,5,8H,3-4,6-7H2. The lowest BCUT2D eigenvalue weighted by atomic mass is 10.1. The molecule has 1 heterocycles. The molecule has 0 radical (unpaired) electrons. The molecule has 0 N–H and O–H groups in total. The lowest BCUT2D eigenvalue weighted by Crippen LogP contribution is -2.15. The molecular weight excluding hydrogens is 372 g/mol. The van der Waals surface area contributed by atoms with Gasteiger partial charge >= 0.3 is 5.97 Å². The Labute approximate surface area is 129 Å². The molecule has 1 unspecified atom stereocenters. The van der Waals surface area contributed by atoms with Crippen LogP contribution in [0.2, 0.25) is 0 Å². The van der Waals surface area contributed by atoms with Gasteiger partial charge in [-0.05, 0) is 40.5 Å². The van der Waals surface area contributed by atoms with Crippen molar-refractivity contribution in [2.24, 2.45) is 5.92 Å². The van der Waals surface area contributed by atoms with E-state index in [1.807, 2.05) is 0 Å². The Kier molecular flexibility index (Phi) is 5.06. The van der Waals surface area contributed by atoms with Crippen LogP contribution in [0.5, 0.6) is 0 Å². The minimum absolute atomic E-state index is 0.130. The van der Waals surface area contributed by atoms with Crippen LogP contribution in [0.25, 0.3) is 0 Å². The molecule has 0 aromatic heterocycles. The van der Waals surface area contributed by atoms with Gasteiger partial charge in [0.1, 0.15) is 0 Å². The van der Waals surface area contributed by atoms with Gasteiger partial charge < -0.3 is 9.47 Å². The largest absolute Gasteiger partial charge is 0.462 e. The highest BCUT2D eigenvalue weighted by Gasteiger charge is 2.21. The number of rotatable bonds is 4. The Morgan fingerprint density at radius 1 is 1.50 bits per heavy atom. The van der Waals surface area contributed by atoms with Crippen molar-refractivity contribution >= 4 is 41.6 Å². The van der Waals surface area contributed by atoms with Crippen molar-refractivity contribution in [2.45, 2.75) is 11.3 Å². The molecule has 1 aliphatic heterocycles. The highest BCUT2D eigenvalue weighted by atomic mass is 79.9. The van der Waals surface area contributed by atoms with Crippen LogP contribution >= 0.6 is 26.6 Å². The number of benzene rings is 1. The van der Waals surface area contributed by atoms with Gasteiger partial charge in [-0.15, -0.1) is 0 Å². The summed E-state index contributed by atoms with van der Waals surface area (Å²) in [7, 11) is 1.37. The van der Waals surface area contributed by atoms with Crippen LogP contribution in [0.4, 0.5) is 0 Å². The van der Waals surface area contributed by atoms with Crippen LogP contribution in [0, 0.1) is 5.92 Å². The third kappa shape index (κ3) is 3.94. The van der Waals surface area contributed by atoms with E-state index in [1.54, 1.807) is 0 Å². The molecule has 20 heavy (non-hydrogen) atoms. The van der Waals surface area contributed by atoms with E-state index in [1.165, 1.54) is 18.2 Å². The monoisotopic (exact) mass is 382 g/mol. The number of carbonyl (C=O) groups excluding carboxylic acids is 1. The molecule has 0 aliphatic carbocycles. The number of ether oxygens (including phenoxy) is 2. The first-order valence-corrected chi connectivity index (χ1v) is 8.97. The zero-order chi connectivity index (χ0) is 14.8. The molecule has 0 saturated carbocycles. The van der Waals surface area contributed by atoms with Crippen molar-refractivity contribution < 1.29 is 22.7 Å². The highest BCUT2D eigenvalue weighted by Crippen LogP contribution is 2.24. The van der Waals surface area contributed by atoms with Gasteiger partial charge in [0.05, 0.1) is 23.7 Å². The second-order valence-electron chi connectivity index (χ2n) is 4.41. The molecular formula is C12H12BrClO5S. The van der Waals surface area contributed by atoms with E-state index in [0.29, 0.717) is 17.7 Å². The maximum atomic E-state index is 12.0. The molecule has 0 amide bonds. The van der Waals surface area contributed by atoms with E-state index in [4.69, 9.17) is 20.2 Å². The first-order valence-electron chi connectivity index (χ1n) is 5.87. The van der Waals surface area contributed by atoms with Gasteiger partial charge in [0, 0.05) is 27.7 Å². The molecule has 8 heteroatoms. The van der Waals surface area contributed by atoms with Crippen LogP contribution in [0.1, 0.15) is 16.8 Å². The third-order valence-corrected chi connectivity index (χ3v) is 4.96. The van der Waals surface area contributed by atoms with Crippen molar-refractivity contribution in [2.75, 3.05) is 19.8 Å². The fourth-order valence-corrected chi connectivity index (χ4v) is 2.98. The van der Waals surface area contributed by atoms with E-state index in [-0.39, 0.29) is 23.0 Å². The first kappa shape index (κ1) is 15.8. The minimum atomic E-state index is -3.88. The normalized spacial score (nSPS) is 19.0. The SMILES string of the molecule is O=C(OCC1CCOC1)c1cc(S(=O)(=O)Cl)ccc1Br. The molecule has 1 aromatic rings. The molecule has 0 bridgehead atoms. The fourth-order valence-electron chi connectivity index (χ4n) is 1.80. The van der Waals surface area contributed by atoms with Gasteiger partial charge in [0.15, 0.2) is 0 Å². The van der Waals surface area contributed by atoms with Crippen LogP contribution in [-0.2, 0) is 18.5 Å². The molecule has 1 atom stereocenters. The van der Waals surface area contributed by atoms with Crippen molar-refractivity contribution in [3.8, 4) is 0 Å².